The number of nitrogens with zero attached hydrogens (tertiary/aromatic N) is 8. The summed E-state index contributed by atoms with van der Waals surface area (Å²) in [7, 11) is 3.65. The van der Waals surface area contributed by atoms with Crippen LogP contribution in [0.5, 0.6) is 0 Å². The van der Waals surface area contributed by atoms with Crippen LogP contribution in [-0.4, -0.2) is 51.8 Å². The van der Waals surface area contributed by atoms with Crippen molar-refractivity contribution in [3.63, 3.8) is 0 Å². The molecule has 2 N–H and O–H groups in total. The second kappa shape index (κ2) is 9.41. The SMILES string of the molecule is Cn1cc(CC(=O)Nc2nnc(C3CC4(C3)CC(c3nnc(NC(=O)Cc5ccn(C)n5)s3)C4)s2)cn1. The van der Waals surface area contributed by atoms with E-state index < -0.39 is 0 Å². The summed E-state index contributed by atoms with van der Waals surface area (Å²) in [4.78, 5) is 24.5. The van der Waals surface area contributed by atoms with Crippen LogP contribution in [0.4, 0.5) is 10.3 Å². The number of nitrogens with one attached hydrogen (secondary N) is 2. The summed E-state index contributed by atoms with van der Waals surface area (Å²) < 4.78 is 3.35. The molecular formula is C23H26N10O2S2. The zero-order chi connectivity index (χ0) is 25.6. The Hall–Kier alpha value is -3.52. The van der Waals surface area contributed by atoms with Crippen LogP contribution in [0.25, 0.3) is 0 Å². The third-order valence-corrected chi connectivity index (χ3v) is 9.03. The zero-order valence-corrected chi connectivity index (χ0v) is 22.1. The van der Waals surface area contributed by atoms with Crippen LogP contribution in [0.15, 0.2) is 24.7 Å². The van der Waals surface area contributed by atoms with Crippen LogP contribution < -0.4 is 10.6 Å². The largest absolute Gasteiger partial charge is 0.300 e. The van der Waals surface area contributed by atoms with Gasteiger partial charge >= 0.3 is 0 Å². The van der Waals surface area contributed by atoms with Crippen molar-refractivity contribution in [1.82, 2.24) is 40.0 Å². The van der Waals surface area contributed by atoms with Gasteiger partial charge in [-0.3, -0.25) is 19.0 Å². The number of amides is 2. The van der Waals surface area contributed by atoms with E-state index in [0.29, 0.717) is 27.5 Å². The highest BCUT2D eigenvalue weighted by Crippen LogP contribution is 2.66. The van der Waals surface area contributed by atoms with Crippen molar-refractivity contribution in [2.45, 2.75) is 50.4 Å². The molecule has 0 saturated heterocycles. The maximum Gasteiger partial charge on any atom is 0.232 e. The van der Waals surface area contributed by atoms with Gasteiger partial charge in [0.1, 0.15) is 10.0 Å². The van der Waals surface area contributed by atoms with E-state index in [0.717, 1.165) is 47.0 Å². The summed E-state index contributed by atoms with van der Waals surface area (Å²) in [5.41, 5.74) is 1.92. The van der Waals surface area contributed by atoms with E-state index in [-0.39, 0.29) is 24.7 Å². The molecule has 0 bridgehead atoms. The van der Waals surface area contributed by atoms with Crippen LogP contribution in [-0.2, 0) is 36.5 Å². The summed E-state index contributed by atoms with van der Waals surface area (Å²) in [6.45, 7) is 0. The summed E-state index contributed by atoms with van der Waals surface area (Å²) in [5.74, 6) is 0.514. The Bertz CT molecular complexity index is 1330. The summed E-state index contributed by atoms with van der Waals surface area (Å²) in [5, 5.41) is 34.1. The summed E-state index contributed by atoms with van der Waals surface area (Å²) in [6.07, 6.45) is 10.1. The third-order valence-electron chi connectivity index (χ3n) is 7.02. The van der Waals surface area contributed by atoms with E-state index >= 15 is 0 Å². The number of anilines is 2. The Morgan fingerprint density at radius 3 is 2.03 bits per heavy atom. The lowest BCUT2D eigenvalue weighted by atomic mass is 9.48. The quantitative estimate of drug-likeness (QED) is 0.348. The van der Waals surface area contributed by atoms with E-state index in [1.165, 1.54) is 22.7 Å². The molecule has 0 unspecified atom stereocenters. The molecule has 37 heavy (non-hydrogen) atoms. The molecular weight excluding hydrogens is 512 g/mol. The molecule has 2 aliphatic rings. The van der Waals surface area contributed by atoms with Crippen LogP contribution in [0.1, 0.15) is 58.8 Å². The Morgan fingerprint density at radius 2 is 1.51 bits per heavy atom. The van der Waals surface area contributed by atoms with Crippen molar-refractivity contribution in [3.05, 3.63) is 45.9 Å². The van der Waals surface area contributed by atoms with Gasteiger partial charge in [0.05, 0.1) is 24.7 Å². The predicted octanol–water partition coefficient (Wildman–Crippen LogP) is 2.66. The first-order chi connectivity index (χ1) is 17.8. The minimum absolute atomic E-state index is 0.119. The first kappa shape index (κ1) is 23.9. The van der Waals surface area contributed by atoms with Gasteiger partial charge in [-0.05, 0) is 42.7 Å². The molecule has 0 atom stereocenters. The van der Waals surface area contributed by atoms with E-state index in [4.69, 9.17) is 0 Å². The lowest BCUT2D eigenvalue weighted by Crippen LogP contribution is -2.45. The van der Waals surface area contributed by atoms with Crippen LogP contribution >= 0.6 is 22.7 Å². The van der Waals surface area contributed by atoms with Crippen molar-refractivity contribution in [2.75, 3.05) is 10.6 Å². The number of aromatic nitrogens is 8. The molecule has 1 spiro atoms. The van der Waals surface area contributed by atoms with E-state index in [1.807, 2.05) is 32.6 Å². The number of hydrogen-bond donors (Lipinski definition) is 2. The van der Waals surface area contributed by atoms with Gasteiger partial charge in [0.2, 0.25) is 22.1 Å². The standard InChI is InChI=1S/C23H26N10O2S2/c1-32-4-3-16(31-32)6-18(35)26-22-30-28-20(37-22)15-9-23(10-15)7-14(8-23)19-27-29-21(36-19)25-17(34)5-13-11-24-33(2)12-13/h3-4,11-12,14-15H,5-10H2,1-2H3,(H,25,29,34)(H,26,30,35). The average molecular weight is 539 g/mol. The van der Waals surface area contributed by atoms with Gasteiger partial charge in [-0.25, -0.2) is 0 Å². The highest BCUT2D eigenvalue weighted by Gasteiger charge is 2.55. The van der Waals surface area contributed by atoms with Gasteiger partial charge in [0.15, 0.2) is 0 Å². The van der Waals surface area contributed by atoms with Crippen molar-refractivity contribution in [1.29, 1.82) is 0 Å². The van der Waals surface area contributed by atoms with Gasteiger partial charge in [-0.15, -0.1) is 20.4 Å². The molecule has 0 aliphatic heterocycles. The zero-order valence-electron chi connectivity index (χ0n) is 20.4. The van der Waals surface area contributed by atoms with Gasteiger partial charge in [-0.2, -0.15) is 10.2 Å². The minimum atomic E-state index is -0.141. The monoisotopic (exact) mass is 538 g/mol. The van der Waals surface area contributed by atoms with Crippen molar-refractivity contribution < 1.29 is 9.59 Å². The van der Waals surface area contributed by atoms with Crippen molar-refractivity contribution in [2.24, 2.45) is 19.5 Å². The highest BCUT2D eigenvalue weighted by atomic mass is 32.1. The maximum atomic E-state index is 12.3. The van der Waals surface area contributed by atoms with E-state index in [1.54, 1.807) is 15.6 Å². The van der Waals surface area contributed by atoms with Gasteiger partial charge in [-0.1, -0.05) is 22.7 Å². The van der Waals surface area contributed by atoms with Gasteiger partial charge in [0, 0.05) is 38.3 Å². The fourth-order valence-electron chi connectivity index (χ4n) is 5.35. The number of aryl methyl sites for hydroxylation is 2. The number of carbonyl (C=O) groups is 2. The molecule has 4 aromatic rings. The smallest absolute Gasteiger partial charge is 0.232 e. The molecule has 192 valence electrons. The molecule has 2 amide bonds. The molecule has 2 aliphatic carbocycles. The number of hydrogen-bond acceptors (Lipinski definition) is 10. The fourth-order valence-corrected chi connectivity index (χ4v) is 7.07. The molecule has 12 nitrogen and oxygen atoms in total. The fraction of sp³-hybridized carbons (Fsp3) is 0.478. The van der Waals surface area contributed by atoms with Crippen molar-refractivity contribution in [3.8, 4) is 0 Å². The summed E-state index contributed by atoms with van der Waals surface area (Å²) in [6, 6.07) is 1.83. The first-order valence-electron chi connectivity index (χ1n) is 12.0. The Labute approximate surface area is 220 Å². The first-order valence-corrected chi connectivity index (χ1v) is 13.7. The lowest BCUT2D eigenvalue weighted by molar-refractivity contribution is -0.116. The number of carbonyl (C=O) groups excluding carboxylic acids is 2. The van der Waals surface area contributed by atoms with Crippen LogP contribution in [0.2, 0.25) is 0 Å². The molecule has 6 rings (SSSR count). The van der Waals surface area contributed by atoms with Gasteiger partial charge in [0.25, 0.3) is 0 Å². The molecule has 2 fully saturated rings. The number of rotatable bonds is 8. The Balaban J connectivity index is 0.955. The van der Waals surface area contributed by atoms with E-state index in [9.17, 15) is 9.59 Å². The van der Waals surface area contributed by atoms with Crippen molar-refractivity contribution >= 4 is 44.8 Å². The second-order valence-corrected chi connectivity index (χ2v) is 12.1. The Kier molecular flexibility index (Phi) is 6.07. The third kappa shape index (κ3) is 5.16. The van der Waals surface area contributed by atoms with Crippen LogP contribution in [0.3, 0.4) is 0 Å². The molecule has 14 heteroatoms. The molecule has 4 aromatic heterocycles. The molecule has 0 aromatic carbocycles. The minimum Gasteiger partial charge on any atom is -0.300 e. The van der Waals surface area contributed by atoms with E-state index in [2.05, 4.69) is 41.2 Å². The average Bonchev–Trinajstić information content (AvgIpc) is 3.57. The molecule has 2 saturated carbocycles. The maximum absolute atomic E-state index is 12.3. The normalized spacial score (nSPS) is 22.4. The predicted molar refractivity (Wildman–Crippen MR) is 137 cm³/mol. The molecule has 4 heterocycles. The lowest BCUT2D eigenvalue weighted by Gasteiger charge is -2.56. The summed E-state index contributed by atoms with van der Waals surface area (Å²) >= 11 is 2.92. The second-order valence-electron chi connectivity index (χ2n) is 10.1. The van der Waals surface area contributed by atoms with Crippen LogP contribution in [0, 0.1) is 5.41 Å². The molecule has 0 radical (unpaired) electrons. The highest BCUT2D eigenvalue weighted by molar-refractivity contribution is 7.15. The Morgan fingerprint density at radius 1 is 0.919 bits per heavy atom. The topological polar surface area (TPSA) is 145 Å². The van der Waals surface area contributed by atoms with Gasteiger partial charge < -0.3 is 10.6 Å².